The van der Waals surface area contributed by atoms with Crippen molar-refractivity contribution >= 4 is 154 Å². The minimum atomic E-state index is 0.927. The summed E-state index contributed by atoms with van der Waals surface area (Å²) < 4.78 is 0. The largest absolute Gasteiger partial charge is 0.355 e. The van der Waals surface area contributed by atoms with E-state index in [2.05, 4.69) is 319 Å². The van der Waals surface area contributed by atoms with Crippen LogP contribution in [0.2, 0.25) is 0 Å². The second kappa shape index (κ2) is 28.8. The monoisotopic (exact) mass is 1390 g/mol. The zero-order chi connectivity index (χ0) is 73.5. The standard InChI is InChI=1S/C50H42N4.C50H38N4/c2*1-31-32(2)48(52-40-19-11-6-12-20-40)44-28-36-26-38-30-46-45(29-37(38)25-35(36)27-43(44)47(31)51-39-17-9-5-10-18-39)49(53-41-21-13-7-14-22-41)33(3)34(4)50(46)54-42-23-15-8-16-24-42/h5-30,51-54H,1-4H3;5-30H,1-4H3. The Bertz CT molecular complexity index is 6000. The number of nitrogens with zero attached hydrogens (tertiary/aromatic N) is 4. The van der Waals surface area contributed by atoms with E-state index in [4.69, 9.17) is 20.0 Å². The van der Waals surface area contributed by atoms with Gasteiger partial charge in [-0.2, -0.15) is 0 Å². The third-order valence-electron chi connectivity index (χ3n) is 21.6. The number of para-hydroxylation sites is 8. The zero-order valence-electron chi connectivity index (χ0n) is 61.8. The first kappa shape index (κ1) is 67.6. The van der Waals surface area contributed by atoms with Crippen molar-refractivity contribution in [2.24, 2.45) is 20.0 Å². The van der Waals surface area contributed by atoms with Gasteiger partial charge in [-0.15, -0.1) is 0 Å². The Labute approximate surface area is 628 Å². The molecule has 0 amide bonds. The van der Waals surface area contributed by atoms with E-state index in [1.165, 1.54) is 65.3 Å². The summed E-state index contributed by atoms with van der Waals surface area (Å²) in [6, 6.07) is 111. The third-order valence-corrected chi connectivity index (χ3v) is 21.6. The van der Waals surface area contributed by atoms with Crippen LogP contribution in [-0.2, 0) is 0 Å². The summed E-state index contributed by atoms with van der Waals surface area (Å²) in [5, 5.41) is 37.5. The summed E-state index contributed by atoms with van der Waals surface area (Å²) in [4.78, 5) is 20.9. The topological polar surface area (TPSA) is 97.6 Å². The molecular weight excluding hydrogens is 1310 g/mol. The predicted molar refractivity (Wildman–Crippen MR) is 459 cm³/mol. The molecule has 0 aliphatic carbocycles. The number of rotatable bonds is 12. The second-order valence-electron chi connectivity index (χ2n) is 28.3. The highest BCUT2D eigenvalue weighted by molar-refractivity contribution is 6.18. The van der Waals surface area contributed by atoms with Crippen LogP contribution in [0.3, 0.4) is 0 Å². The van der Waals surface area contributed by atoms with Gasteiger partial charge in [-0.05, 0) is 313 Å². The van der Waals surface area contributed by atoms with Gasteiger partial charge in [0.2, 0.25) is 0 Å². The van der Waals surface area contributed by atoms with Crippen LogP contribution in [0, 0.1) is 55.4 Å². The molecule has 108 heavy (non-hydrogen) atoms. The highest BCUT2D eigenvalue weighted by atomic mass is 14.9. The molecule has 0 fully saturated rings. The fraction of sp³-hybridized carbons (Fsp3) is 0.0800. The van der Waals surface area contributed by atoms with Crippen LogP contribution in [0.1, 0.15) is 44.5 Å². The van der Waals surface area contributed by atoms with Crippen LogP contribution in [0.25, 0.3) is 86.2 Å². The van der Waals surface area contributed by atoms with Crippen molar-refractivity contribution in [3.8, 4) is 0 Å². The number of hydrogen-bond donors (Lipinski definition) is 4. The minimum absolute atomic E-state index is 0.927. The van der Waals surface area contributed by atoms with Gasteiger partial charge in [0.05, 0.1) is 44.2 Å². The summed E-state index contributed by atoms with van der Waals surface area (Å²) >= 11 is 0. The lowest BCUT2D eigenvalue weighted by molar-refractivity contribution is 1.20. The van der Waals surface area contributed by atoms with E-state index in [9.17, 15) is 0 Å². The first-order valence-corrected chi connectivity index (χ1v) is 37.0. The first-order valence-electron chi connectivity index (χ1n) is 37.0. The molecular formula is C100H80N8. The molecule has 0 saturated carbocycles. The van der Waals surface area contributed by atoms with Crippen molar-refractivity contribution in [1.82, 2.24) is 0 Å². The summed E-state index contributed by atoms with van der Waals surface area (Å²) in [7, 11) is 0. The number of hydrogen-bond acceptors (Lipinski definition) is 8. The maximum absolute atomic E-state index is 5.24. The summed E-state index contributed by atoms with van der Waals surface area (Å²) in [6.45, 7) is 17.5. The van der Waals surface area contributed by atoms with E-state index in [0.29, 0.717) is 0 Å². The average Bonchev–Trinajstić information content (AvgIpc) is 0.737. The van der Waals surface area contributed by atoms with Crippen LogP contribution in [0.15, 0.2) is 335 Å². The van der Waals surface area contributed by atoms with Gasteiger partial charge in [0.15, 0.2) is 0 Å². The van der Waals surface area contributed by atoms with Gasteiger partial charge in [-0.3, -0.25) is 0 Å². The molecule has 8 nitrogen and oxygen atoms in total. The predicted octanol–water partition coefficient (Wildman–Crippen LogP) is 25.8. The van der Waals surface area contributed by atoms with Crippen LogP contribution in [0.5, 0.6) is 0 Å². The molecule has 0 aliphatic rings. The Balaban J connectivity index is 0.000000158. The van der Waals surface area contributed by atoms with Crippen molar-refractivity contribution in [3.63, 3.8) is 0 Å². The maximum Gasteiger partial charge on any atom is 0.0748 e. The smallest absolute Gasteiger partial charge is 0.0748 e. The quantitative estimate of drug-likeness (QED) is 0.0916. The van der Waals surface area contributed by atoms with Gasteiger partial charge in [0.25, 0.3) is 0 Å². The van der Waals surface area contributed by atoms with Gasteiger partial charge in [-0.1, -0.05) is 146 Å². The number of fused-ring (bicyclic) bond motifs is 8. The number of benzene rings is 18. The van der Waals surface area contributed by atoms with Crippen molar-refractivity contribution in [2.45, 2.75) is 55.4 Å². The van der Waals surface area contributed by atoms with E-state index in [1.54, 1.807) is 0 Å². The van der Waals surface area contributed by atoms with Crippen LogP contribution >= 0.6 is 0 Å². The molecule has 18 rings (SSSR count). The molecule has 18 aromatic rings. The highest BCUT2D eigenvalue weighted by Crippen LogP contribution is 2.46. The Hall–Kier alpha value is -13.6. The molecule has 0 saturated heterocycles. The third kappa shape index (κ3) is 13.1. The Morgan fingerprint density at radius 1 is 0.167 bits per heavy atom. The Morgan fingerprint density at radius 2 is 0.324 bits per heavy atom. The maximum atomic E-state index is 5.24. The van der Waals surface area contributed by atoms with E-state index >= 15 is 0 Å². The SMILES string of the molecule is Cc1c(C)c(=Nc2ccccc2)c2cc3cc4cc5c(=Nc6ccccc6)c(C)c(C)c(=Nc6ccccc6)c5cc4cc3cc2c1=Nc1ccccc1.Cc1c(C)c(Nc2ccccc2)c2cc3cc4cc5c(Nc6ccccc6)c(C)c(C)c(Nc6ccccc6)c5cc4cc3cc2c1Nc1ccccc1. The molecule has 0 aromatic heterocycles. The summed E-state index contributed by atoms with van der Waals surface area (Å²) in [6.07, 6.45) is 0. The number of anilines is 8. The van der Waals surface area contributed by atoms with Crippen molar-refractivity contribution in [2.75, 3.05) is 21.3 Å². The second-order valence-corrected chi connectivity index (χ2v) is 28.3. The lowest BCUT2D eigenvalue weighted by Crippen LogP contribution is -2.20. The zero-order valence-corrected chi connectivity index (χ0v) is 61.8. The molecule has 4 N–H and O–H groups in total. The van der Waals surface area contributed by atoms with Gasteiger partial charge >= 0.3 is 0 Å². The molecule has 0 radical (unpaired) electrons. The van der Waals surface area contributed by atoms with E-state index in [-0.39, 0.29) is 0 Å². The average molecular weight is 1390 g/mol. The minimum Gasteiger partial charge on any atom is -0.355 e. The van der Waals surface area contributed by atoms with E-state index < -0.39 is 0 Å². The van der Waals surface area contributed by atoms with E-state index in [0.717, 1.165) is 155 Å². The molecule has 520 valence electrons. The Kier molecular flexibility index (Phi) is 18.0. The Morgan fingerprint density at radius 3 is 0.500 bits per heavy atom. The fourth-order valence-corrected chi connectivity index (χ4v) is 15.3. The molecule has 0 bridgehead atoms. The highest BCUT2D eigenvalue weighted by Gasteiger charge is 2.21. The number of nitrogens with one attached hydrogen (secondary N) is 4. The lowest BCUT2D eigenvalue weighted by Gasteiger charge is -2.22. The summed E-state index contributed by atoms with van der Waals surface area (Å²) in [5.41, 5.74) is 21.9. The lowest BCUT2D eigenvalue weighted by atomic mass is 9.91. The van der Waals surface area contributed by atoms with Gasteiger partial charge in [0.1, 0.15) is 0 Å². The molecule has 8 heteroatoms. The molecule has 0 aliphatic heterocycles. The molecule has 18 aromatic carbocycles. The van der Waals surface area contributed by atoms with Crippen LogP contribution in [-0.4, -0.2) is 0 Å². The van der Waals surface area contributed by atoms with Gasteiger partial charge < -0.3 is 21.3 Å². The van der Waals surface area contributed by atoms with E-state index in [1.807, 2.05) is 72.8 Å². The molecule has 0 atom stereocenters. The van der Waals surface area contributed by atoms with Crippen molar-refractivity contribution in [3.05, 3.63) is 381 Å². The van der Waals surface area contributed by atoms with Crippen LogP contribution < -0.4 is 42.7 Å². The normalized spacial score (nSPS) is 12.3. The van der Waals surface area contributed by atoms with Gasteiger partial charge in [0, 0.05) is 88.6 Å². The molecule has 0 spiro atoms. The van der Waals surface area contributed by atoms with Crippen molar-refractivity contribution in [1.29, 1.82) is 0 Å². The first-order chi connectivity index (χ1) is 52.8. The molecule has 0 unspecified atom stereocenters. The van der Waals surface area contributed by atoms with Crippen LogP contribution in [0.4, 0.5) is 68.2 Å². The van der Waals surface area contributed by atoms with Gasteiger partial charge in [-0.25, -0.2) is 20.0 Å². The summed E-state index contributed by atoms with van der Waals surface area (Å²) in [5.74, 6) is 0. The molecule has 0 heterocycles. The fourth-order valence-electron chi connectivity index (χ4n) is 15.3. The van der Waals surface area contributed by atoms with Crippen molar-refractivity contribution < 1.29 is 0 Å².